The fourth-order valence-corrected chi connectivity index (χ4v) is 3.97. The van der Waals surface area contributed by atoms with Gasteiger partial charge in [0.25, 0.3) is 5.91 Å². The van der Waals surface area contributed by atoms with Gasteiger partial charge in [0.05, 0.1) is 36.3 Å². The summed E-state index contributed by atoms with van der Waals surface area (Å²) in [6, 6.07) is 6.70. The minimum absolute atomic E-state index is 0.0714. The van der Waals surface area contributed by atoms with Crippen molar-refractivity contribution < 1.29 is 17.9 Å². The van der Waals surface area contributed by atoms with Crippen LogP contribution in [-0.4, -0.2) is 72.5 Å². The Morgan fingerprint density at radius 3 is 2.65 bits per heavy atom. The molecule has 0 spiro atoms. The zero-order valence-corrected chi connectivity index (χ0v) is 15.4. The average Bonchev–Trinajstić information content (AvgIpc) is 3.27. The van der Waals surface area contributed by atoms with Crippen LogP contribution in [0, 0.1) is 5.92 Å². The standard InChI is InChI=1S/C16H21N5O4S/c1-20(2)26(23,24)9-12-7-25-8-14(12)19-16(22)13-5-3-4-6-15(13)21-10-17-18-11-21/h3-6,10-12,14H,7-9H2,1-2H3,(H,19,22)/t12-,14+/m0/s1. The van der Waals surface area contributed by atoms with E-state index in [1.165, 1.54) is 31.1 Å². The van der Waals surface area contributed by atoms with E-state index >= 15 is 0 Å². The summed E-state index contributed by atoms with van der Waals surface area (Å²) in [6.07, 6.45) is 3.02. The van der Waals surface area contributed by atoms with Gasteiger partial charge in [-0.1, -0.05) is 12.1 Å². The lowest BCUT2D eigenvalue weighted by molar-refractivity contribution is 0.0926. The molecule has 1 aliphatic rings. The van der Waals surface area contributed by atoms with Crippen LogP contribution in [-0.2, 0) is 14.8 Å². The molecule has 2 heterocycles. The zero-order chi connectivity index (χ0) is 18.7. The number of hydrogen-bond acceptors (Lipinski definition) is 6. The number of aromatic nitrogens is 3. The van der Waals surface area contributed by atoms with Crippen molar-refractivity contribution in [3.8, 4) is 5.69 Å². The van der Waals surface area contributed by atoms with Crippen LogP contribution >= 0.6 is 0 Å². The molecule has 1 fully saturated rings. The lowest BCUT2D eigenvalue weighted by atomic mass is 10.1. The van der Waals surface area contributed by atoms with E-state index in [-0.39, 0.29) is 30.2 Å². The highest BCUT2D eigenvalue weighted by Gasteiger charge is 2.34. The molecule has 1 aliphatic heterocycles. The highest BCUT2D eigenvalue weighted by Crippen LogP contribution is 2.19. The van der Waals surface area contributed by atoms with Crippen LogP contribution in [0.4, 0.5) is 0 Å². The zero-order valence-electron chi connectivity index (χ0n) is 14.6. The molecule has 0 bridgehead atoms. The van der Waals surface area contributed by atoms with Gasteiger partial charge < -0.3 is 10.1 Å². The lowest BCUT2D eigenvalue weighted by Crippen LogP contribution is -2.43. The Morgan fingerprint density at radius 1 is 1.27 bits per heavy atom. The van der Waals surface area contributed by atoms with Gasteiger partial charge in [0, 0.05) is 20.0 Å². The summed E-state index contributed by atoms with van der Waals surface area (Å²) in [5, 5.41) is 10.4. The normalized spacial score (nSPS) is 20.4. The highest BCUT2D eigenvalue weighted by molar-refractivity contribution is 7.89. The van der Waals surface area contributed by atoms with E-state index in [2.05, 4.69) is 15.5 Å². The Balaban J connectivity index is 1.76. The van der Waals surface area contributed by atoms with Crippen LogP contribution in [0.3, 0.4) is 0 Å². The quantitative estimate of drug-likeness (QED) is 0.751. The monoisotopic (exact) mass is 379 g/mol. The lowest BCUT2D eigenvalue weighted by Gasteiger charge is -2.21. The Morgan fingerprint density at radius 2 is 1.96 bits per heavy atom. The maximum Gasteiger partial charge on any atom is 0.253 e. The molecule has 1 saturated heterocycles. The molecule has 3 rings (SSSR count). The smallest absolute Gasteiger partial charge is 0.253 e. The third kappa shape index (κ3) is 3.92. The molecule has 2 aromatic rings. The summed E-state index contributed by atoms with van der Waals surface area (Å²) in [5.74, 6) is -0.664. The van der Waals surface area contributed by atoms with E-state index in [4.69, 9.17) is 4.74 Å². The van der Waals surface area contributed by atoms with Crippen LogP contribution in [0.5, 0.6) is 0 Å². The van der Waals surface area contributed by atoms with Gasteiger partial charge in [0.2, 0.25) is 10.0 Å². The predicted octanol–water partition coefficient (Wildman–Crippen LogP) is -0.0965. The van der Waals surface area contributed by atoms with Crippen molar-refractivity contribution in [1.29, 1.82) is 0 Å². The van der Waals surface area contributed by atoms with Gasteiger partial charge in [-0.25, -0.2) is 12.7 Å². The predicted molar refractivity (Wildman–Crippen MR) is 94.4 cm³/mol. The number of amides is 1. The number of carbonyl (C=O) groups is 1. The summed E-state index contributed by atoms with van der Waals surface area (Å²) < 4.78 is 32.5. The largest absolute Gasteiger partial charge is 0.379 e. The number of carbonyl (C=O) groups excluding carboxylic acids is 1. The van der Waals surface area contributed by atoms with Crippen LogP contribution in [0.15, 0.2) is 36.9 Å². The number of hydrogen-bond donors (Lipinski definition) is 1. The summed E-state index contributed by atoms with van der Waals surface area (Å²) in [4.78, 5) is 12.8. The molecule has 1 aromatic heterocycles. The molecule has 9 nitrogen and oxygen atoms in total. The third-order valence-corrected chi connectivity index (χ3v) is 6.30. The van der Waals surface area contributed by atoms with Gasteiger partial charge in [-0.05, 0) is 12.1 Å². The Kier molecular flexibility index (Phi) is 5.35. The van der Waals surface area contributed by atoms with Crippen molar-refractivity contribution in [1.82, 2.24) is 24.4 Å². The Labute approximate surface area is 152 Å². The average molecular weight is 379 g/mol. The number of sulfonamides is 1. The maximum absolute atomic E-state index is 12.8. The summed E-state index contributed by atoms with van der Waals surface area (Å²) in [7, 11) is -0.389. The van der Waals surface area contributed by atoms with Crippen molar-refractivity contribution in [2.45, 2.75) is 6.04 Å². The molecule has 0 unspecified atom stereocenters. The Hall–Kier alpha value is -2.30. The molecule has 0 saturated carbocycles. The fraction of sp³-hybridized carbons (Fsp3) is 0.438. The van der Waals surface area contributed by atoms with E-state index in [0.717, 1.165) is 0 Å². The van der Waals surface area contributed by atoms with Crippen molar-refractivity contribution in [3.63, 3.8) is 0 Å². The first kappa shape index (κ1) is 18.5. The van der Waals surface area contributed by atoms with E-state index in [9.17, 15) is 13.2 Å². The maximum atomic E-state index is 12.8. The van der Waals surface area contributed by atoms with Crippen LogP contribution in [0.1, 0.15) is 10.4 Å². The van der Waals surface area contributed by atoms with Gasteiger partial charge in [-0.2, -0.15) is 0 Å². The first-order valence-electron chi connectivity index (χ1n) is 8.11. The van der Waals surface area contributed by atoms with Crippen LogP contribution < -0.4 is 5.32 Å². The van der Waals surface area contributed by atoms with Crippen molar-refractivity contribution in [2.75, 3.05) is 33.1 Å². The molecule has 10 heteroatoms. The van der Waals surface area contributed by atoms with Gasteiger partial charge in [-0.3, -0.25) is 9.36 Å². The van der Waals surface area contributed by atoms with Crippen molar-refractivity contribution in [2.24, 2.45) is 5.92 Å². The Bertz CT molecular complexity index is 867. The molecule has 1 N–H and O–H groups in total. The molecule has 1 aromatic carbocycles. The molecule has 1 amide bonds. The van der Waals surface area contributed by atoms with Crippen LogP contribution in [0.2, 0.25) is 0 Å². The van der Waals surface area contributed by atoms with E-state index in [0.29, 0.717) is 17.9 Å². The number of para-hydroxylation sites is 1. The van der Waals surface area contributed by atoms with Crippen molar-refractivity contribution >= 4 is 15.9 Å². The van der Waals surface area contributed by atoms with Gasteiger partial charge in [0.1, 0.15) is 12.7 Å². The minimum atomic E-state index is -3.38. The number of rotatable bonds is 6. The van der Waals surface area contributed by atoms with E-state index in [1.807, 2.05) is 6.07 Å². The molecular formula is C16H21N5O4S. The van der Waals surface area contributed by atoms with Gasteiger partial charge >= 0.3 is 0 Å². The molecule has 0 aliphatic carbocycles. The molecule has 140 valence electrons. The van der Waals surface area contributed by atoms with E-state index in [1.54, 1.807) is 22.8 Å². The third-order valence-electron chi connectivity index (χ3n) is 4.34. The van der Waals surface area contributed by atoms with Crippen LogP contribution in [0.25, 0.3) is 5.69 Å². The molecule has 26 heavy (non-hydrogen) atoms. The molecule has 2 atom stereocenters. The second-order valence-electron chi connectivity index (χ2n) is 6.32. The number of ether oxygens (including phenoxy) is 1. The minimum Gasteiger partial charge on any atom is -0.379 e. The number of nitrogens with zero attached hydrogens (tertiary/aromatic N) is 4. The number of benzene rings is 1. The molecule has 0 radical (unpaired) electrons. The van der Waals surface area contributed by atoms with Gasteiger partial charge in [0.15, 0.2) is 0 Å². The summed E-state index contributed by atoms with van der Waals surface area (Å²) >= 11 is 0. The SMILES string of the molecule is CN(C)S(=O)(=O)C[C@@H]1COC[C@H]1NC(=O)c1ccccc1-n1cnnc1. The summed E-state index contributed by atoms with van der Waals surface area (Å²) in [6.45, 7) is 0.583. The highest BCUT2D eigenvalue weighted by atomic mass is 32.2. The second-order valence-corrected chi connectivity index (χ2v) is 8.55. The summed E-state index contributed by atoms with van der Waals surface area (Å²) in [5.41, 5.74) is 1.10. The first-order chi connectivity index (χ1) is 12.4. The fourth-order valence-electron chi connectivity index (χ4n) is 2.80. The number of nitrogens with one attached hydrogen (secondary N) is 1. The van der Waals surface area contributed by atoms with Crippen molar-refractivity contribution in [3.05, 3.63) is 42.5 Å². The van der Waals surface area contributed by atoms with E-state index < -0.39 is 10.0 Å². The van der Waals surface area contributed by atoms with Gasteiger partial charge in [-0.15, -0.1) is 10.2 Å². The topological polar surface area (TPSA) is 106 Å². The molecular weight excluding hydrogens is 358 g/mol. The first-order valence-corrected chi connectivity index (χ1v) is 9.72. The second kappa shape index (κ2) is 7.52.